The van der Waals surface area contributed by atoms with Gasteiger partial charge in [0.2, 0.25) is 0 Å². The Balaban J connectivity index is 1.89. The van der Waals surface area contributed by atoms with Crippen molar-refractivity contribution in [3.05, 3.63) is 63.7 Å². The smallest absolute Gasteiger partial charge is 0.342 e. The zero-order chi connectivity index (χ0) is 20.4. The number of ether oxygens (including phenoxy) is 1. The third-order valence-corrected chi connectivity index (χ3v) is 4.82. The topological polar surface area (TPSA) is 113 Å². The van der Waals surface area contributed by atoms with Gasteiger partial charge in [-0.05, 0) is 24.1 Å². The summed E-state index contributed by atoms with van der Waals surface area (Å²) in [5.74, 6) is -3.43. The number of carbonyl (C=O) groups is 3. The number of rotatable bonds is 5. The molecule has 0 saturated carbocycles. The molecule has 2 aromatic rings. The van der Waals surface area contributed by atoms with Gasteiger partial charge >= 0.3 is 11.9 Å². The standard InChI is InChI=1S/C20H18ClNO6/c1-10-7-12-14(21)9-13(17(23)16(12)20(27)28-10)18(24)22-15(19(25)26)8-11-5-3-2-4-6-11/h2-6,9-10,15,23H,7-8H2,1H3,(H,22,24)(H,25,26)/t10-,15?/m1/s1. The highest BCUT2D eigenvalue weighted by Crippen LogP contribution is 2.36. The summed E-state index contributed by atoms with van der Waals surface area (Å²) >= 11 is 6.21. The van der Waals surface area contributed by atoms with Crippen LogP contribution < -0.4 is 5.32 Å². The number of hydrogen-bond donors (Lipinski definition) is 3. The highest BCUT2D eigenvalue weighted by molar-refractivity contribution is 6.32. The summed E-state index contributed by atoms with van der Waals surface area (Å²) in [5.41, 5.74) is 0.680. The maximum atomic E-state index is 12.6. The third-order valence-electron chi connectivity index (χ3n) is 4.49. The van der Waals surface area contributed by atoms with E-state index in [0.29, 0.717) is 12.0 Å². The largest absolute Gasteiger partial charge is 0.506 e. The van der Waals surface area contributed by atoms with Crippen LogP contribution in [-0.2, 0) is 22.4 Å². The van der Waals surface area contributed by atoms with E-state index in [1.165, 1.54) is 6.07 Å². The fourth-order valence-electron chi connectivity index (χ4n) is 3.13. The second kappa shape index (κ2) is 7.90. The first-order chi connectivity index (χ1) is 13.3. The second-order valence-electron chi connectivity index (χ2n) is 6.58. The summed E-state index contributed by atoms with van der Waals surface area (Å²) in [6.07, 6.45) is -0.0407. The number of phenolic OH excluding ortho intramolecular Hbond substituents is 1. The van der Waals surface area contributed by atoms with Crippen molar-refractivity contribution in [3.8, 4) is 5.75 Å². The molecule has 3 rings (SSSR count). The average molecular weight is 404 g/mol. The highest BCUT2D eigenvalue weighted by Gasteiger charge is 2.33. The van der Waals surface area contributed by atoms with Gasteiger partial charge in [0.25, 0.3) is 5.91 Å². The summed E-state index contributed by atoms with van der Waals surface area (Å²) < 4.78 is 5.10. The van der Waals surface area contributed by atoms with Crippen molar-refractivity contribution < 1.29 is 29.3 Å². The predicted molar refractivity (Wildman–Crippen MR) is 101 cm³/mol. The lowest BCUT2D eigenvalue weighted by Crippen LogP contribution is -2.42. The molecule has 7 nitrogen and oxygen atoms in total. The quantitative estimate of drug-likeness (QED) is 0.661. The molecule has 1 aliphatic heterocycles. The number of carboxylic acids is 1. The Hall–Kier alpha value is -3.06. The van der Waals surface area contributed by atoms with Crippen LogP contribution in [0.5, 0.6) is 5.75 Å². The predicted octanol–water partition coefficient (Wildman–Crippen LogP) is 2.57. The van der Waals surface area contributed by atoms with E-state index in [1.54, 1.807) is 37.3 Å². The van der Waals surface area contributed by atoms with Crippen molar-refractivity contribution in [2.24, 2.45) is 0 Å². The number of amides is 1. The molecule has 1 unspecified atom stereocenters. The van der Waals surface area contributed by atoms with Gasteiger partial charge in [0.05, 0.1) is 5.56 Å². The lowest BCUT2D eigenvalue weighted by Gasteiger charge is -2.24. The molecule has 28 heavy (non-hydrogen) atoms. The summed E-state index contributed by atoms with van der Waals surface area (Å²) in [4.78, 5) is 36.3. The summed E-state index contributed by atoms with van der Waals surface area (Å²) in [6.45, 7) is 1.69. The number of nitrogens with one attached hydrogen (secondary N) is 1. The zero-order valence-corrected chi connectivity index (χ0v) is 15.7. The molecule has 1 amide bonds. The van der Waals surface area contributed by atoms with Crippen molar-refractivity contribution in [2.75, 3.05) is 0 Å². The van der Waals surface area contributed by atoms with E-state index in [-0.39, 0.29) is 22.6 Å². The number of halogens is 1. The van der Waals surface area contributed by atoms with Crippen LogP contribution in [0.1, 0.15) is 38.8 Å². The maximum absolute atomic E-state index is 12.6. The molecule has 0 fully saturated rings. The minimum atomic E-state index is -1.23. The molecular formula is C20H18ClNO6. The van der Waals surface area contributed by atoms with Crippen LogP contribution in [0.2, 0.25) is 5.02 Å². The fraction of sp³-hybridized carbons (Fsp3) is 0.250. The number of esters is 1. The van der Waals surface area contributed by atoms with Crippen LogP contribution in [0.25, 0.3) is 0 Å². The zero-order valence-electron chi connectivity index (χ0n) is 14.9. The van der Waals surface area contributed by atoms with Gasteiger partial charge in [-0.1, -0.05) is 41.9 Å². The van der Waals surface area contributed by atoms with Gasteiger partial charge in [0.15, 0.2) is 0 Å². The molecule has 3 N–H and O–H groups in total. The summed E-state index contributed by atoms with van der Waals surface area (Å²) in [5, 5.41) is 22.4. The molecule has 0 spiro atoms. The number of carbonyl (C=O) groups excluding carboxylic acids is 2. The van der Waals surface area contributed by atoms with E-state index in [4.69, 9.17) is 16.3 Å². The molecule has 0 radical (unpaired) electrons. The lowest BCUT2D eigenvalue weighted by atomic mass is 9.95. The Kier molecular flexibility index (Phi) is 5.56. The second-order valence-corrected chi connectivity index (χ2v) is 6.99. The van der Waals surface area contributed by atoms with Gasteiger partial charge in [0.1, 0.15) is 23.5 Å². The molecule has 8 heteroatoms. The number of fused-ring (bicyclic) bond motifs is 1. The Morgan fingerprint density at radius 3 is 2.64 bits per heavy atom. The number of aliphatic carboxylic acids is 1. The minimum absolute atomic E-state index is 0.0565. The van der Waals surface area contributed by atoms with Crippen molar-refractivity contribution in [1.82, 2.24) is 5.32 Å². The molecule has 2 aromatic carbocycles. The van der Waals surface area contributed by atoms with Gasteiger partial charge in [-0.2, -0.15) is 0 Å². The van der Waals surface area contributed by atoms with Crippen molar-refractivity contribution in [1.29, 1.82) is 0 Å². The van der Waals surface area contributed by atoms with Crippen LogP contribution in [0, 0.1) is 0 Å². The molecule has 1 heterocycles. The van der Waals surface area contributed by atoms with Crippen molar-refractivity contribution in [2.45, 2.75) is 31.9 Å². The maximum Gasteiger partial charge on any atom is 0.342 e. The Labute approximate surface area is 165 Å². The van der Waals surface area contributed by atoms with Crippen molar-refractivity contribution >= 4 is 29.4 Å². The van der Waals surface area contributed by atoms with E-state index < -0.39 is 35.7 Å². The normalized spacial score (nSPS) is 16.6. The summed E-state index contributed by atoms with van der Waals surface area (Å²) in [7, 11) is 0. The number of hydrogen-bond acceptors (Lipinski definition) is 5. The molecule has 0 aliphatic carbocycles. The molecule has 0 saturated heterocycles. The SMILES string of the molecule is C[C@@H]1Cc2c(Cl)cc(C(=O)NC(Cc3ccccc3)C(=O)O)c(O)c2C(=O)O1. The Morgan fingerprint density at radius 2 is 2.00 bits per heavy atom. The number of cyclic esters (lactones) is 1. The first-order valence-corrected chi connectivity index (χ1v) is 8.98. The van der Waals surface area contributed by atoms with E-state index in [9.17, 15) is 24.6 Å². The molecule has 0 bridgehead atoms. The van der Waals surface area contributed by atoms with Crippen LogP contribution in [0.4, 0.5) is 0 Å². The van der Waals surface area contributed by atoms with Gasteiger partial charge < -0.3 is 20.3 Å². The summed E-state index contributed by atoms with van der Waals surface area (Å²) in [6, 6.07) is 8.81. The number of aromatic hydroxyl groups is 1. The monoisotopic (exact) mass is 403 g/mol. The molecule has 1 aliphatic rings. The van der Waals surface area contributed by atoms with Crippen LogP contribution in [0.15, 0.2) is 36.4 Å². The molecule has 2 atom stereocenters. The van der Waals surface area contributed by atoms with Crippen LogP contribution in [-0.4, -0.2) is 40.2 Å². The first kappa shape index (κ1) is 19.7. The average Bonchev–Trinajstić information content (AvgIpc) is 2.64. The number of carboxylic acid groups (broad SMARTS) is 1. The first-order valence-electron chi connectivity index (χ1n) is 8.60. The number of benzene rings is 2. The van der Waals surface area contributed by atoms with E-state index in [2.05, 4.69) is 5.32 Å². The van der Waals surface area contributed by atoms with Gasteiger partial charge in [-0.15, -0.1) is 0 Å². The lowest BCUT2D eigenvalue weighted by molar-refractivity contribution is -0.139. The third kappa shape index (κ3) is 3.94. The highest BCUT2D eigenvalue weighted by atomic mass is 35.5. The van der Waals surface area contributed by atoms with Crippen LogP contribution >= 0.6 is 11.6 Å². The Bertz CT molecular complexity index is 943. The van der Waals surface area contributed by atoms with Crippen LogP contribution in [0.3, 0.4) is 0 Å². The van der Waals surface area contributed by atoms with E-state index in [0.717, 1.165) is 5.56 Å². The Morgan fingerprint density at radius 1 is 1.32 bits per heavy atom. The van der Waals surface area contributed by atoms with Gasteiger partial charge in [-0.25, -0.2) is 9.59 Å². The van der Waals surface area contributed by atoms with Gasteiger partial charge in [0, 0.05) is 17.9 Å². The fourth-order valence-corrected chi connectivity index (χ4v) is 3.41. The number of phenols is 1. The van der Waals surface area contributed by atoms with E-state index in [1.807, 2.05) is 0 Å². The minimum Gasteiger partial charge on any atom is -0.506 e. The van der Waals surface area contributed by atoms with E-state index >= 15 is 0 Å². The molecule has 146 valence electrons. The molecule has 0 aromatic heterocycles. The van der Waals surface area contributed by atoms with Crippen molar-refractivity contribution in [3.63, 3.8) is 0 Å². The van der Waals surface area contributed by atoms with Gasteiger partial charge in [-0.3, -0.25) is 4.79 Å². The molecular weight excluding hydrogens is 386 g/mol.